The quantitative estimate of drug-likeness (QED) is 0.326. The number of alkyl halides is 2. The molecule has 0 spiro atoms. The van der Waals surface area contributed by atoms with Gasteiger partial charge in [-0.2, -0.15) is 18.4 Å². The number of rotatable bonds is 9. The van der Waals surface area contributed by atoms with Crippen LogP contribution < -0.4 is 20.7 Å². The number of hydrogen-bond acceptors (Lipinski definition) is 6. The molecule has 1 amide bonds. The molecule has 3 aromatic rings. The van der Waals surface area contributed by atoms with Crippen molar-refractivity contribution in [2.45, 2.75) is 24.7 Å². The summed E-state index contributed by atoms with van der Waals surface area (Å²) in [5, 5.41) is 13.2. The number of ether oxygens (including phenoxy) is 1. The first-order valence-corrected chi connectivity index (χ1v) is 10.8. The fourth-order valence-electron chi connectivity index (χ4n) is 3.22. The minimum Gasteiger partial charge on any atom is -0.430 e. The van der Waals surface area contributed by atoms with Gasteiger partial charge in [0.1, 0.15) is 17.3 Å². The molecular weight excluding hydrogens is 449 g/mol. The lowest BCUT2D eigenvalue weighted by Gasteiger charge is -2.14. The molecule has 2 aromatic heterocycles. The van der Waals surface area contributed by atoms with Crippen molar-refractivity contribution in [1.82, 2.24) is 25.2 Å². The Bertz CT molecular complexity index is 1230. The molecule has 1 unspecified atom stereocenters. The number of fused-ring (bicyclic) bond motifs is 1. The number of nitrogens with zero attached hydrogens (tertiary/aromatic N) is 3. The molecule has 1 aliphatic rings. The van der Waals surface area contributed by atoms with Gasteiger partial charge in [0.25, 0.3) is 5.91 Å². The molecule has 2 heterocycles. The van der Waals surface area contributed by atoms with Crippen LogP contribution in [0.4, 0.5) is 14.6 Å². The standard InChI is InChI=1S/C22H23F2N6O2P/c1-3-26-21(31)18(25-2)10-14-12-27-30-19(28-15-7-8-15)11-17(29-20(14)30)13-5-4-6-16(9-13)32-22(23,24)33/h3-6,9-12,15,25,28H,1,7-8,33H2,2H3,(H,26,31)/b18-10-. The molecule has 8 nitrogen and oxygen atoms in total. The first-order valence-electron chi connectivity index (χ1n) is 10.2. The third kappa shape index (κ3) is 5.46. The molecule has 4 rings (SSSR count). The van der Waals surface area contributed by atoms with Crippen LogP contribution in [-0.2, 0) is 4.79 Å². The first kappa shape index (κ1) is 22.7. The lowest BCUT2D eigenvalue weighted by atomic mass is 10.1. The van der Waals surface area contributed by atoms with E-state index in [0.717, 1.165) is 12.8 Å². The molecule has 0 bridgehead atoms. The van der Waals surface area contributed by atoms with Crippen LogP contribution in [0.5, 0.6) is 5.75 Å². The lowest BCUT2D eigenvalue weighted by Crippen LogP contribution is -2.26. The number of carbonyl (C=O) groups excluding carboxylic acids is 1. The van der Waals surface area contributed by atoms with E-state index in [1.54, 1.807) is 36.0 Å². The lowest BCUT2D eigenvalue weighted by molar-refractivity contribution is -0.116. The maximum Gasteiger partial charge on any atom is 0.408 e. The van der Waals surface area contributed by atoms with Gasteiger partial charge in [0.15, 0.2) is 5.65 Å². The number of aromatic nitrogens is 3. The summed E-state index contributed by atoms with van der Waals surface area (Å²) in [5.74, 6) is -3.02. The van der Waals surface area contributed by atoms with Crippen LogP contribution in [0, 0.1) is 0 Å². The molecule has 33 heavy (non-hydrogen) atoms. The van der Waals surface area contributed by atoms with E-state index in [1.165, 1.54) is 27.6 Å². The number of likely N-dealkylation sites (N-methyl/N-ethyl adjacent to an activating group) is 1. The Kier molecular flexibility index (Phi) is 6.29. The van der Waals surface area contributed by atoms with E-state index in [2.05, 4.69) is 32.4 Å². The van der Waals surface area contributed by atoms with Gasteiger partial charge < -0.3 is 20.7 Å². The maximum absolute atomic E-state index is 13.3. The van der Waals surface area contributed by atoms with Crippen LogP contribution in [0.15, 0.2) is 55.0 Å². The van der Waals surface area contributed by atoms with Crippen molar-refractivity contribution in [2.75, 3.05) is 12.4 Å². The van der Waals surface area contributed by atoms with Crippen molar-refractivity contribution in [1.29, 1.82) is 0 Å². The first-order chi connectivity index (χ1) is 15.8. The molecule has 1 fully saturated rings. The van der Waals surface area contributed by atoms with E-state index in [-0.39, 0.29) is 11.7 Å². The molecule has 0 aliphatic heterocycles. The van der Waals surface area contributed by atoms with Gasteiger partial charge in [0, 0.05) is 30.3 Å². The summed E-state index contributed by atoms with van der Waals surface area (Å²) in [7, 11) is 2.99. The highest BCUT2D eigenvalue weighted by Gasteiger charge is 2.25. The molecule has 1 saturated carbocycles. The Balaban J connectivity index is 1.81. The normalized spacial score (nSPS) is 14.1. The molecule has 1 atom stereocenters. The van der Waals surface area contributed by atoms with Gasteiger partial charge in [-0.25, -0.2) is 4.98 Å². The average Bonchev–Trinajstić information content (AvgIpc) is 3.48. The van der Waals surface area contributed by atoms with Gasteiger partial charge in [0.05, 0.1) is 11.9 Å². The number of anilines is 1. The zero-order chi connectivity index (χ0) is 23.6. The molecule has 11 heteroatoms. The zero-order valence-corrected chi connectivity index (χ0v) is 19.0. The van der Waals surface area contributed by atoms with E-state index in [4.69, 9.17) is 4.98 Å². The van der Waals surface area contributed by atoms with Gasteiger partial charge in [-0.05, 0) is 46.5 Å². The summed E-state index contributed by atoms with van der Waals surface area (Å²) in [6.45, 7) is 3.50. The number of hydrogen-bond donors (Lipinski definition) is 3. The van der Waals surface area contributed by atoms with E-state index in [0.29, 0.717) is 40.0 Å². The second-order valence-corrected chi connectivity index (χ2v) is 8.13. The molecule has 1 aromatic carbocycles. The van der Waals surface area contributed by atoms with Crippen LogP contribution in [0.3, 0.4) is 0 Å². The number of halogens is 2. The van der Waals surface area contributed by atoms with Crippen molar-refractivity contribution in [3.63, 3.8) is 0 Å². The van der Waals surface area contributed by atoms with E-state index in [1.807, 2.05) is 6.07 Å². The highest BCUT2D eigenvalue weighted by Crippen LogP contribution is 2.32. The predicted molar refractivity (Wildman–Crippen MR) is 126 cm³/mol. The molecule has 1 aliphatic carbocycles. The van der Waals surface area contributed by atoms with Crippen LogP contribution >= 0.6 is 9.24 Å². The smallest absolute Gasteiger partial charge is 0.408 e. The van der Waals surface area contributed by atoms with E-state index < -0.39 is 5.85 Å². The van der Waals surface area contributed by atoms with Crippen molar-refractivity contribution < 1.29 is 18.3 Å². The average molecular weight is 472 g/mol. The van der Waals surface area contributed by atoms with Gasteiger partial charge in [0.2, 0.25) is 0 Å². The third-order valence-corrected chi connectivity index (χ3v) is 4.98. The topological polar surface area (TPSA) is 92.6 Å². The summed E-state index contributed by atoms with van der Waals surface area (Å²) in [6, 6.07) is 8.48. The second kappa shape index (κ2) is 9.15. The Morgan fingerprint density at radius 2 is 2.15 bits per heavy atom. The minimum atomic E-state index is -3.38. The van der Waals surface area contributed by atoms with Crippen molar-refractivity contribution in [3.05, 3.63) is 60.6 Å². The SMILES string of the molecule is C=CNC(=O)/C(=C/c1cnn2c(NC3CC3)cc(-c3cccc(OC(F)(F)P)c3)nc12)NC. The molecular formula is C22H23F2N6O2P. The van der Waals surface area contributed by atoms with Crippen LogP contribution in [-0.4, -0.2) is 39.4 Å². The molecule has 0 radical (unpaired) electrons. The van der Waals surface area contributed by atoms with Gasteiger partial charge in [-0.1, -0.05) is 18.7 Å². The summed E-state index contributed by atoms with van der Waals surface area (Å²) in [6.07, 6.45) is 6.63. The Labute approximate surface area is 191 Å². The van der Waals surface area contributed by atoms with Gasteiger partial charge in [-0.3, -0.25) is 4.79 Å². The van der Waals surface area contributed by atoms with E-state index in [9.17, 15) is 13.6 Å². The largest absolute Gasteiger partial charge is 0.430 e. The predicted octanol–water partition coefficient (Wildman–Crippen LogP) is 3.59. The molecule has 3 N–H and O–H groups in total. The zero-order valence-electron chi connectivity index (χ0n) is 17.8. The van der Waals surface area contributed by atoms with Gasteiger partial charge >= 0.3 is 5.85 Å². The molecule has 172 valence electrons. The number of benzene rings is 1. The van der Waals surface area contributed by atoms with Crippen LogP contribution in [0.1, 0.15) is 18.4 Å². The summed E-state index contributed by atoms with van der Waals surface area (Å²) in [5.41, 5.74) is 2.53. The van der Waals surface area contributed by atoms with E-state index >= 15 is 0 Å². The maximum atomic E-state index is 13.3. The van der Waals surface area contributed by atoms with Gasteiger partial charge in [-0.15, -0.1) is 0 Å². The van der Waals surface area contributed by atoms with Crippen LogP contribution in [0.25, 0.3) is 23.0 Å². The third-order valence-electron chi connectivity index (χ3n) is 4.86. The van der Waals surface area contributed by atoms with Crippen molar-refractivity contribution >= 4 is 32.7 Å². The summed E-state index contributed by atoms with van der Waals surface area (Å²) < 4.78 is 32.9. The fraction of sp³-hybridized carbons (Fsp3) is 0.227. The minimum absolute atomic E-state index is 0.0121. The summed E-state index contributed by atoms with van der Waals surface area (Å²) in [4.78, 5) is 17.0. The Hall–Kier alpha value is -3.52. The highest BCUT2D eigenvalue weighted by molar-refractivity contribution is 7.17. The fourth-order valence-corrected chi connectivity index (χ4v) is 3.36. The Morgan fingerprint density at radius 3 is 2.82 bits per heavy atom. The second-order valence-electron chi connectivity index (χ2n) is 7.46. The number of amides is 1. The van der Waals surface area contributed by atoms with Crippen LogP contribution in [0.2, 0.25) is 0 Å². The van der Waals surface area contributed by atoms with Crippen molar-refractivity contribution in [3.8, 4) is 17.0 Å². The highest BCUT2D eigenvalue weighted by atomic mass is 31.0. The Morgan fingerprint density at radius 1 is 1.36 bits per heavy atom. The summed E-state index contributed by atoms with van der Waals surface area (Å²) >= 11 is 0. The number of nitrogens with one attached hydrogen (secondary N) is 3. The molecule has 0 saturated heterocycles. The van der Waals surface area contributed by atoms with Crippen molar-refractivity contribution in [2.24, 2.45) is 0 Å². The monoisotopic (exact) mass is 472 g/mol. The number of carbonyl (C=O) groups is 1.